The molecule has 2 aromatic rings. The third kappa shape index (κ3) is 5.04. The van der Waals surface area contributed by atoms with Gasteiger partial charge < -0.3 is 10.6 Å². The Morgan fingerprint density at radius 1 is 0.714 bits per heavy atom. The molecule has 1 aliphatic rings. The summed E-state index contributed by atoms with van der Waals surface area (Å²) in [6.45, 7) is 2.93. The summed E-state index contributed by atoms with van der Waals surface area (Å²) >= 11 is 0. The standard InChI is InChI=1S/C23H22N2O3/c1-15(26)24-21-9-3-17(4-10-21)13-19-7-8-20(23(19)28)14-18-5-11-22(12-6-18)25-16(2)27/h3-6,9-14H,7-8H2,1-2H3,(H,24,26)(H,25,27)/b19-13-,20-14-. The first-order chi connectivity index (χ1) is 13.4. The fourth-order valence-corrected chi connectivity index (χ4v) is 3.11. The van der Waals surface area contributed by atoms with Gasteiger partial charge in [-0.05, 0) is 60.4 Å². The van der Waals surface area contributed by atoms with E-state index in [1.165, 1.54) is 13.8 Å². The van der Waals surface area contributed by atoms with Crippen molar-refractivity contribution in [2.75, 3.05) is 10.6 Å². The summed E-state index contributed by atoms with van der Waals surface area (Å²) in [5.74, 6) is -0.161. The number of nitrogens with one attached hydrogen (secondary N) is 2. The van der Waals surface area contributed by atoms with Crippen LogP contribution in [0.25, 0.3) is 12.2 Å². The highest BCUT2D eigenvalue weighted by atomic mass is 16.2. The van der Waals surface area contributed by atoms with Gasteiger partial charge in [-0.1, -0.05) is 24.3 Å². The first-order valence-electron chi connectivity index (χ1n) is 9.12. The molecule has 1 saturated carbocycles. The minimum Gasteiger partial charge on any atom is -0.326 e. The Morgan fingerprint density at radius 2 is 1.07 bits per heavy atom. The lowest BCUT2D eigenvalue weighted by atomic mass is 10.1. The van der Waals surface area contributed by atoms with Crippen molar-refractivity contribution in [2.45, 2.75) is 26.7 Å². The fraction of sp³-hybridized carbons (Fsp3) is 0.174. The minimum atomic E-state index is -0.114. The molecule has 0 heterocycles. The normalized spacial score (nSPS) is 16.4. The summed E-state index contributed by atoms with van der Waals surface area (Å²) in [7, 11) is 0. The molecule has 0 aromatic heterocycles. The van der Waals surface area contributed by atoms with Gasteiger partial charge in [-0.3, -0.25) is 14.4 Å². The van der Waals surface area contributed by atoms with Crippen LogP contribution >= 0.6 is 0 Å². The molecular formula is C23H22N2O3. The summed E-state index contributed by atoms with van der Waals surface area (Å²) in [6.07, 6.45) is 5.23. The quantitative estimate of drug-likeness (QED) is 0.777. The molecule has 1 aliphatic carbocycles. The van der Waals surface area contributed by atoms with Gasteiger partial charge in [-0.2, -0.15) is 0 Å². The second-order valence-corrected chi connectivity index (χ2v) is 6.77. The van der Waals surface area contributed by atoms with E-state index in [2.05, 4.69) is 10.6 Å². The van der Waals surface area contributed by atoms with E-state index >= 15 is 0 Å². The highest BCUT2D eigenvalue weighted by Gasteiger charge is 2.22. The van der Waals surface area contributed by atoms with E-state index < -0.39 is 0 Å². The lowest BCUT2D eigenvalue weighted by molar-refractivity contribution is -0.115. The molecule has 3 rings (SSSR count). The molecule has 0 aliphatic heterocycles. The number of allylic oxidation sites excluding steroid dienone is 2. The van der Waals surface area contributed by atoms with E-state index in [-0.39, 0.29) is 17.6 Å². The highest BCUT2D eigenvalue weighted by Crippen LogP contribution is 2.30. The van der Waals surface area contributed by atoms with Crippen LogP contribution in [0.1, 0.15) is 37.8 Å². The number of hydrogen-bond acceptors (Lipinski definition) is 3. The van der Waals surface area contributed by atoms with E-state index in [9.17, 15) is 14.4 Å². The molecule has 0 radical (unpaired) electrons. The average molecular weight is 374 g/mol. The number of carbonyl (C=O) groups excluding carboxylic acids is 3. The summed E-state index contributed by atoms with van der Waals surface area (Å²) in [5, 5.41) is 5.45. The monoisotopic (exact) mass is 374 g/mol. The first kappa shape index (κ1) is 19.3. The van der Waals surface area contributed by atoms with E-state index in [1.54, 1.807) is 0 Å². The molecule has 0 spiro atoms. The lowest BCUT2D eigenvalue weighted by Crippen LogP contribution is -2.05. The summed E-state index contributed by atoms with van der Waals surface area (Å²) < 4.78 is 0. The zero-order chi connectivity index (χ0) is 20.1. The Bertz CT molecular complexity index is 888. The van der Waals surface area contributed by atoms with E-state index in [0.717, 1.165) is 33.6 Å². The van der Waals surface area contributed by atoms with E-state index in [4.69, 9.17) is 0 Å². The summed E-state index contributed by atoms with van der Waals surface area (Å²) in [4.78, 5) is 34.8. The van der Waals surface area contributed by atoms with E-state index in [1.807, 2.05) is 60.7 Å². The van der Waals surface area contributed by atoms with Gasteiger partial charge in [0.25, 0.3) is 0 Å². The molecule has 0 atom stereocenters. The number of amides is 2. The minimum absolute atomic E-state index is 0.0666. The van der Waals surface area contributed by atoms with Crippen LogP contribution in [0.5, 0.6) is 0 Å². The molecule has 2 N–H and O–H groups in total. The molecule has 142 valence electrons. The Hall–Kier alpha value is -3.47. The smallest absolute Gasteiger partial charge is 0.221 e. The van der Waals surface area contributed by atoms with Crippen molar-refractivity contribution in [2.24, 2.45) is 0 Å². The van der Waals surface area contributed by atoms with Crippen molar-refractivity contribution in [3.05, 3.63) is 70.8 Å². The first-order valence-corrected chi connectivity index (χ1v) is 9.12. The topological polar surface area (TPSA) is 75.3 Å². The largest absolute Gasteiger partial charge is 0.326 e. The number of ketones is 1. The second kappa shape index (κ2) is 8.48. The molecule has 2 amide bonds. The number of rotatable bonds is 4. The fourth-order valence-electron chi connectivity index (χ4n) is 3.11. The zero-order valence-electron chi connectivity index (χ0n) is 15.9. The second-order valence-electron chi connectivity index (χ2n) is 6.77. The van der Waals surface area contributed by atoms with Crippen LogP contribution in [0.3, 0.4) is 0 Å². The van der Waals surface area contributed by atoms with Gasteiger partial charge in [0.1, 0.15) is 0 Å². The maximum Gasteiger partial charge on any atom is 0.221 e. The molecule has 5 nitrogen and oxygen atoms in total. The van der Waals surface area contributed by atoms with Crippen molar-refractivity contribution in [3.8, 4) is 0 Å². The van der Waals surface area contributed by atoms with Gasteiger partial charge in [0, 0.05) is 36.4 Å². The summed E-state index contributed by atoms with van der Waals surface area (Å²) in [6, 6.07) is 14.8. The molecule has 5 heteroatoms. The van der Waals surface area contributed by atoms with Crippen molar-refractivity contribution < 1.29 is 14.4 Å². The maximum atomic E-state index is 12.7. The van der Waals surface area contributed by atoms with Gasteiger partial charge in [-0.15, -0.1) is 0 Å². The Kier molecular flexibility index (Phi) is 5.84. The molecule has 0 unspecified atom stereocenters. The Labute approximate surface area is 164 Å². The predicted molar refractivity (Wildman–Crippen MR) is 112 cm³/mol. The van der Waals surface area contributed by atoms with Crippen LogP contribution in [0, 0.1) is 0 Å². The number of carbonyl (C=O) groups is 3. The zero-order valence-corrected chi connectivity index (χ0v) is 15.9. The van der Waals surface area contributed by atoms with Crippen LogP contribution in [-0.2, 0) is 14.4 Å². The van der Waals surface area contributed by atoms with Crippen LogP contribution in [-0.4, -0.2) is 17.6 Å². The Morgan fingerprint density at radius 3 is 1.39 bits per heavy atom. The molecule has 2 aromatic carbocycles. The molecule has 1 fully saturated rings. The predicted octanol–water partition coefficient (Wildman–Crippen LogP) is 4.43. The van der Waals surface area contributed by atoms with Crippen molar-refractivity contribution in [1.29, 1.82) is 0 Å². The number of anilines is 2. The lowest BCUT2D eigenvalue weighted by Gasteiger charge is -2.03. The molecular weight excluding hydrogens is 352 g/mol. The van der Waals surface area contributed by atoms with E-state index in [0.29, 0.717) is 12.8 Å². The van der Waals surface area contributed by atoms with Crippen molar-refractivity contribution in [1.82, 2.24) is 0 Å². The number of hydrogen-bond donors (Lipinski definition) is 2. The average Bonchev–Trinajstić information content (AvgIpc) is 2.97. The third-order valence-corrected chi connectivity index (χ3v) is 4.39. The number of benzene rings is 2. The van der Waals surface area contributed by atoms with Crippen LogP contribution < -0.4 is 10.6 Å². The van der Waals surface area contributed by atoms with Crippen molar-refractivity contribution >= 4 is 41.1 Å². The SMILES string of the molecule is CC(=O)Nc1ccc(/C=C2/CC/C(=C/c3ccc(NC(C)=O)cc3)C2=O)cc1. The van der Waals surface area contributed by atoms with Gasteiger partial charge in [0.05, 0.1) is 0 Å². The van der Waals surface area contributed by atoms with Gasteiger partial charge >= 0.3 is 0 Å². The van der Waals surface area contributed by atoms with Gasteiger partial charge in [0.2, 0.25) is 11.8 Å². The maximum absolute atomic E-state index is 12.7. The van der Waals surface area contributed by atoms with Crippen LogP contribution in [0.2, 0.25) is 0 Å². The van der Waals surface area contributed by atoms with Crippen LogP contribution in [0.15, 0.2) is 59.7 Å². The van der Waals surface area contributed by atoms with Crippen LogP contribution in [0.4, 0.5) is 11.4 Å². The molecule has 0 bridgehead atoms. The number of Topliss-reactive ketones (excluding diaryl/α,β-unsaturated/α-hetero) is 1. The molecule has 28 heavy (non-hydrogen) atoms. The third-order valence-electron chi connectivity index (χ3n) is 4.39. The summed E-state index contributed by atoms with van der Waals surface area (Å²) in [5.41, 5.74) is 4.89. The van der Waals surface area contributed by atoms with Gasteiger partial charge in [-0.25, -0.2) is 0 Å². The van der Waals surface area contributed by atoms with Crippen molar-refractivity contribution in [3.63, 3.8) is 0 Å². The van der Waals surface area contributed by atoms with Gasteiger partial charge in [0.15, 0.2) is 5.78 Å². The Balaban J connectivity index is 1.71. The highest BCUT2D eigenvalue weighted by molar-refractivity contribution is 6.15. The molecule has 0 saturated heterocycles.